The van der Waals surface area contributed by atoms with Crippen molar-refractivity contribution in [3.05, 3.63) is 65.4 Å². The van der Waals surface area contributed by atoms with E-state index in [0.29, 0.717) is 36.6 Å². The van der Waals surface area contributed by atoms with Gasteiger partial charge >= 0.3 is 0 Å². The molecule has 0 aliphatic carbocycles. The molecule has 0 bridgehead atoms. The molecule has 0 radical (unpaired) electrons. The molecule has 0 unspecified atom stereocenters. The molecule has 1 saturated heterocycles. The fourth-order valence-corrected chi connectivity index (χ4v) is 3.19. The lowest BCUT2D eigenvalue weighted by Gasteiger charge is -2.40. The van der Waals surface area contributed by atoms with Gasteiger partial charge in [0.15, 0.2) is 0 Å². The van der Waals surface area contributed by atoms with Crippen LogP contribution in [-0.2, 0) is 4.79 Å². The second-order valence-electron chi connectivity index (χ2n) is 6.38. The smallest absolute Gasteiger partial charge is 0.246 e. The Balaban J connectivity index is 1.67. The Hall–Kier alpha value is -3.64. The molecule has 2 aromatic rings. The van der Waals surface area contributed by atoms with Crippen molar-refractivity contribution in [1.29, 1.82) is 10.5 Å². The lowest BCUT2D eigenvalue weighted by atomic mass is 10.1. The number of carbonyl (C=O) groups is 1. The summed E-state index contributed by atoms with van der Waals surface area (Å²) in [5.74, 6) is 0.605. The Morgan fingerprint density at radius 1 is 1.22 bits per heavy atom. The van der Waals surface area contributed by atoms with Crippen molar-refractivity contribution in [1.82, 2.24) is 9.88 Å². The molecule has 1 aromatic carbocycles. The summed E-state index contributed by atoms with van der Waals surface area (Å²) in [6.45, 7) is 3.79. The number of hydrogen-bond donors (Lipinski definition) is 0. The lowest BCUT2D eigenvalue weighted by Crippen LogP contribution is -2.54. The van der Waals surface area contributed by atoms with Crippen LogP contribution in [0.3, 0.4) is 0 Å². The quantitative estimate of drug-likeness (QED) is 0.788. The highest BCUT2D eigenvalue weighted by atomic mass is 16.2. The van der Waals surface area contributed by atoms with Gasteiger partial charge in [-0.15, -0.1) is 0 Å². The highest BCUT2D eigenvalue weighted by Gasteiger charge is 2.27. The van der Waals surface area contributed by atoms with Gasteiger partial charge in [0.25, 0.3) is 0 Å². The third kappa shape index (κ3) is 4.13. The van der Waals surface area contributed by atoms with E-state index in [1.165, 1.54) is 0 Å². The molecule has 1 aliphatic rings. The summed E-state index contributed by atoms with van der Waals surface area (Å²) >= 11 is 0. The van der Waals surface area contributed by atoms with Crippen LogP contribution in [0.2, 0.25) is 0 Å². The van der Waals surface area contributed by atoms with Crippen molar-refractivity contribution in [2.45, 2.75) is 13.0 Å². The monoisotopic (exact) mass is 357 g/mol. The van der Waals surface area contributed by atoms with E-state index in [1.807, 2.05) is 22.8 Å². The van der Waals surface area contributed by atoms with Crippen LogP contribution in [0.15, 0.2) is 48.7 Å². The van der Waals surface area contributed by atoms with E-state index >= 15 is 0 Å². The first-order valence-corrected chi connectivity index (χ1v) is 8.71. The van der Waals surface area contributed by atoms with Crippen molar-refractivity contribution in [3.8, 4) is 12.1 Å². The highest BCUT2D eigenvalue weighted by molar-refractivity contribution is 5.92. The summed E-state index contributed by atoms with van der Waals surface area (Å²) in [4.78, 5) is 20.8. The van der Waals surface area contributed by atoms with E-state index in [9.17, 15) is 10.1 Å². The Labute approximate surface area is 158 Å². The van der Waals surface area contributed by atoms with Crippen LogP contribution in [0, 0.1) is 22.7 Å². The molecule has 6 heteroatoms. The Morgan fingerprint density at radius 3 is 2.81 bits per heavy atom. The maximum absolute atomic E-state index is 12.6. The molecule has 1 amide bonds. The summed E-state index contributed by atoms with van der Waals surface area (Å²) in [5, 5.41) is 18.2. The Morgan fingerprint density at radius 2 is 2.07 bits per heavy atom. The van der Waals surface area contributed by atoms with E-state index in [2.05, 4.69) is 17.1 Å². The topological polar surface area (TPSA) is 84.0 Å². The number of nitrogens with zero attached hydrogens (tertiary/aromatic N) is 5. The maximum Gasteiger partial charge on any atom is 0.246 e. The van der Waals surface area contributed by atoms with E-state index in [1.54, 1.807) is 48.7 Å². The van der Waals surface area contributed by atoms with Gasteiger partial charge in [-0.2, -0.15) is 10.5 Å². The van der Waals surface area contributed by atoms with Crippen LogP contribution in [-0.4, -0.2) is 41.5 Å². The van der Waals surface area contributed by atoms with Gasteiger partial charge in [0, 0.05) is 37.9 Å². The molecule has 1 aromatic heterocycles. The molecule has 2 heterocycles. The van der Waals surface area contributed by atoms with Crippen molar-refractivity contribution < 1.29 is 4.79 Å². The molecular weight excluding hydrogens is 338 g/mol. The zero-order valence-corrected chi connectivity index (χ0v) is 15.0. The fourth-order valence-electron chi connectivity index (χ4n) is 3.19. The Kier molecular flexibility index (Phi) is 5.49. The lowest BCUT2D eigenvalue weighted by molar-refractivity contribution is -0.128. The van der Waals surface area contributed by atoms with Gasteiger partial charge < -0.3 is 9.80 Å². The number of carbonyl (C=O) groups excluding carboxylic acids is 1. The minimum Gasteiger partial charge on any atom is -0.352 e. The number of benzene rings is 1. The number of hydrogen-bond acceptors (Lipinski definition) is 5. The van der Waals surface area contributed by atoms with E-state index < -0.39 is 0 Å². The summed E-state index contributed by atoms with van der Waals surface area (Å²) < 4.78 is 0. The second-order valence-corrected chi connectivity index (χ2v) is 6.38. The first-order valence-electron chi connectivity index (χ1n) is 8.71. The maximum atomic E-state index is 12.6. The number of rotatable bonds is 3. The Bertz CT molecular complexity index is 954. The first-order chi connectivity index (χ1) is 13.1. The number of nitriles is 2. The van der Waals surface area contributed by atoms with Gasteiger partial charge in [-0.25, -0.2) is 4.98 Å². The molecule has 27 heavy (non-hydrogen) atoms. The molecule has 1 atom stereocenters. The zero-order valence-electron chi connectivity index (χ0n) is 15.0. The average Bonchev–Trinajstić information content (AvgIpc) is 2.72. The summed E-state index contributed by atoms with van der Waals surface area (Å²) in [7, 11) is 0. The van der Waals surface area contributed by atoms with Crippen LogP contribution in [0.1, 0.15) is 23.6 Å². The number of piperazine rings is 1. The standard InChI is InChI=1S/C21H19N5O/c1-16-15-25(21-19(14-23)6-3-9-24-21)10-11-26(16)20(27)8-7-17-4-2-5-18(12-17)13-22/h2-9,12,16H,10-11,15H2,1H3/b8-7+/t16-/m1/s1. The van der Waals surface area contributed by atoms with Crippen LogP contribution in [0.4, 0.5) is 5.82 Å². The fraction of sp³-hybridized carbons (Fsp3) is 0.238. The number of aromatic nitrogens is 1. The predicted molar refractivity (Wildman–Crippen MR) is 103 cm³/mol. The average molecular weight is 357 g/mol. The molecule has 1 fully saturated rings. The molecule has 0 saturated carbocycles. The van der Waals surface area contributed by atoms with Crippen LogP contribution < -0.4 is 4.90 Å². The summed E-state index contributed by atoms with van der Waals surface area (Å²) in [6.07, 6.45) is 4.95. The predicted octanol–water partition coefficient (Wildman–Crippen LogP) is 2.58. The molecule has 1 aliphatic heterocycles. The number of anilines is 1. The minimum absolute atomic E-state index is 0.00473. The van der Waals surface area contributed by atoms with Crippen molar-refractivity contribution in [3.63, 3.8) is 0 Å². The molecule has 134 valence electrons. The summed E-state index contributed by atoms with van der Waals surface area (Å²) in [5.41, 5.74) is 1.93. The molecular formula is C21H19N5O. The van der Waals surface area contributed by atoms with Gasteiger partial charge in [-0.05, 0) is 42.8 Å². The van der Waals surface area contributed by atoms with Crippen LogP contribution in [0.5, 0.6) is 0 Å². The van der Waals surface area contributed by atoms with Crippen LogP contribution in [0.25, 0.3) is 6.08 Å². The molecule has 0 N–H and O–H groups in total. The SMILES string of the molecule is C[C@@H]1CN(c2ncccc2C#N)CCN1C(=O)/C=C/c1cccc(C#N)c1. The van der Waals surface area contributed by atoms with E-state index in [0.717, 1.165) is 5.56 Å². The number of pyridine rings is 1. The van der Waals surface area contributed by atoms with E-state index in [4.69, 9.17) is 5.26 Å². The molecule has 0 spiro atoms. The van der Waals surface area contributed by atoms with Gasteiger partial charge in [-0.3, -0.25) is 4.79 Å². The minimum atomic E-state index is -0.0639. The van der Waals surface area contributed by atoms with Crippen molar-refractivity contribution in [2.75, 3.05) is 24.5 Å². The van der Waals surface area contributed by atoms with Crippen molar-refractivity contribution >= 4 is 17.8 Å². The van der Waals surface area contributed by atoms with Crippen molar-refractivity contribution in [2.24, 2.45) is 0 Å². The zero-order chi connectivity index (χ0) is 19.2. The normalized spacial score (nSPS) is 16.8. The van der Waals surface area contributed by atoms with E-state index in [-0.39, 0.29) is 11.9 Å². The number of amides is 1. The van der Waals surface area contributed by atoms with Gasteiger partial charge in [0.2, 0.25) is 5.91 Å². The van der Waals surface area contributed by atoms with Crippen LogP contribution >= 0.6 is 0 Å². The third-order valence-corrected chi connectivity index (χ3v) is 4.55. The highest BCUT2D eigenvalue weighted by Crippen LogP contribution is 2.21. The summed E-state index contributed by atoms with van der Waals surface area (Å²) in [6, 6.07) is 14.9. The first kappa shape index (κ1) is 18.2. The molecule has 6 nitrogen and oxygen atoms in total. The largest absolute Gasteiger partial charge is 0.352 e. The second kappa shape index (κ2) is 8.16. The molecule has 3 rings (SSSR count). The van der Waals surface area contributed by atoms with Gasteiger partial charge in [0.05, 0.1) is 17.2 Å². The van der Waals surface area contributed by atoms with Gasteiger partial charge in [-0.1, -0.05) is 12.1 Å². The third-order valence-electron chi connectivity index (χ3n) is 4.55. The van der Waals surface area contributed by atoms with Gasteiger partial charge in [0.1, 0.15) is 11.9 Å².